The molecule has 0 spiro atoms. The van der Waals surface area contributed by atoms with Crippen LogP contribution in [0.4, 0.5) is 5.69 Å². The van der Waals surface area contributed by atoms with Crippen LogP contribution in [0, 0.1) is 6.92 Å². The van der Waals surface area contributed by atoms with Gasteiger partial charge in [-0.1, -0.05) is 0 Å². The van der Waals surface area contributed by atoms with E-state index in [1.165, 1.54) is 0 Å². The molecule has 1 aromatic heterocycles. The Labute approximate surface area is 119 Å². The van der Waals surface area contributed by atoms with Gasteiger partial charge in [-0.2, -0.15) is 0 Å². The van der Waals surface area contributed by atoms with Crippen molar-refractivity contribution in [3.05, 3.63) is 23.4 Å². The first kappa shape index (κ1) is 14.4. The van der Waals surface area contributed by atoms with Crippen molar-refractivity contribution in [3.63, 3.8) is 0 Å². The molecule has 0 fully saturated rings. The van der Waals surface area contributed by atoms with Crippen LogP contribution < -0.4 is 20.1 Å². The molecule has 20 heavy (non-hydrogen) atoms. The maximum Gasteiger partial charge on any atom is 0.145 e. The van der Waals surface area contributed by atoms with Crippen LogP contribution in [0.2, 0.25) is 0 Å². The largest absolute Gasteiger partial charge is 0.496 e. The molecule has 0 radical (unpaired) electrons. The van der Waals surface area contributed by atoms with E-state index in [4.69, 9.17) is 15.2 Å². The van der Waals surface area contributed by atoms with Crippen molar-refractivity contribution in [2.45, 2.75) is 13.5 Å². The first-order chi connectivity index (χ1) is 9.54. The van der Waals surface area contributed by atoms with Crippen LogP contribution in [0.15, 0.2) is 12.1 Å². The molecular formula is C15H21N3O2. The zero-order valence-electron chi connectivity index (χ0n) is 12.7. The molecule has 2 N–H and O–H groups in total. The van der Waals surface area contributed by atoms with Gasteiger partial charge in [0.05, 0.1) is 31.0 Å². The third-order valence-electron chi connectivity index (χ3n) is 3.45. The first-order valence-corrected chi connectivity index (χ1v) is 6.46. The second kappa shape index (κ2) is 5.54. The van der Waals surface area contributed by atoms with Gasteiger partial charge in [0, 0.05) is 20.6 Å². The molecule has 0 atom stereocenters. The second-order valence-corrected chi connectivity index (χ2v) is 4.82. The normalized spacial score (nSPS) is 10.7. The van der Waals surface area contributed by atoms with E-state index in [-0.39, 0.29) is 0 Å². The highest BCUT2D eigenvalue weighted by atomic mass is 16.5. The van der Waals surface area contributed by atoms with E-state index in [1.807, 2.05) is 33.2 Å². The van der Waals surface area contributed by atoms with Gasteiger partial charge >= 0.3 is 0 Å². The minimum atomic E-state index is 0.392. The molecule has 0 aliphatic carbocycles. The van der Waals surface area contributed by atoms with Gasteiger partial charge in [-0.3, -0.25) is 0 Å². The van der Waals surface area contributed by atoms with E-state index in [2.05, 4.69) is 9.88 Å². The van der Waals surface area contributed by atoms with E-state index in [1.54, 1.807) is 14.2 Å². The molecule has 0 saturated carbocycles. The Kier molecular flexibility index (Phi) is 3.99. The standard InChI is InChI=1S/C15H21N3O2/c1-9-10(8-16)17-14-12(20-5)7-6-11(19-4)13(14)15(9)18(2)3/h6-7H,8,16H2,1-5H3. The van der Waals surface area contributed by atoms with Crippen LogP contribution >= 0.6 is 0 Å². The average molecular weight is 275 g/mol. The molecule has 0 aliphatic rings. The number of nitrogens with two attached hydrogens (primary N) is 1. The van der Waals surface area contributed by atoms with Crippen molar-refractivity contribution in [1.29, 1.82) is 0 Å². The third-order valence-corrected chi connectivity index (χ3v) is 3.45. The lowest BCUT2D eigenvalue weighted by atomic mass is 10.0. The van der Waals surface area contributed by atoms with Gasteiger partial charge in [0.1, 0.15) is 17.0 Å². The van der Waals surface area contributed by atoms with Crippen LogP contribution in [-0.4, -0.2) is 33.3 Å². The van der Waals surface area contributed by atoms with Crippen LogP contribution in [0.3, 0.4) is 0 Å². The minimum Gasteiger partial charge on any atom is -0.496 e. The van der Waals surface area contributed by atoms with Gasteiger partial charge < -0.3 is 20.1 Å². The Bertz CT molecular complexity index is 639. The first-order valence-electron chi connectivity index (χ1n) is 6.46. The van der Waals surface area contributed by atoms with Crippen LogP contribution in [0.5, 0.6) is 11.5 Å². The van der Waals surface area contributed by atoms with Gasteiger partial charge in [0.15, 0.2) is 0 Å². The molecular weight excluding hydrogens is 254 g/mol. The maximum absolute atomic E-state index is 5.82. The molecule has 1 heterocycles. The predicted octanol–water partition coefficient (Wildman–Crippen LogP) is 2.09. The lowest BCUT2D eigenvalue weighted by Gasteiger charge is -2.22. The maximum atomic E-state index is 5.82. The number of fused-ring (bicyclic) bond motifs is 1. The molecule has 0 saturated heterocycles. The smallest absolute Gasteiger partial charge is 0.145 e. The number of nitrogens with zero attached hydrogens (tertiary/aromatic N) is 2. The number of anilines is 1. The molecule has 0 bridgehead atoms. The summed E-state index contributed by atoms with van der Waals surface area (Å²) in [5.74, 6) is 1.50. The molecule has 5 heteroatoms. The van der Waals surface area contributed by atoms with Crippen molar-refractivity contribution in [2.24, 2.45) is 5.73 Å². The number of aromatic nitrogens is 1. The lowest BCUT2D eigenvalue weighted by molar-refractivity contribution is 0.409. The molecule has 2 aromatic rings. The summed E-state index contributed by atoms with van der Waals surface area (Å²) in [6.45, 7) is 2.42. The van der Waals surface area contributed by atoms with Gasteiger partial charge in [0.2, 0.25) is 0 Å². The Morgan fingerprint density at radius 2 is 1.75 bits per heavy atom. The Morgan fingerprint density at radius 1 is 1.15 bits per heavy atom. The summed E-state index contributed by atoms with van der Waals surface area (Å²) in [6.07, 6.45) is 0. The predicted molar refractivity (Wildman–Crippen MR) is 81.8 cm³/mol. The fourth-order valence-corrected chi connectivity index (χ4v) is 2.53. The summed E-state index contributed by atoms with van der Waals surface area (Å²) in [6, 6.07) is 3.76. The van der Waals surface area contributed by atoms with Crippen molar-refractivity contribution < 1.29 is 9.47 Å². The average Bonchev–Trinajstić information content (AvgIpc) is 2.44. The van der Waals surface area contributed by atoms with Crippen molar-refractivity contribution in [3.8, 4) is 11.5 Å². The van der Waals surface area contributed by atoms with E-state index in [9.17, 15) is 0 Å². The number of ether oxygens (including phenoxy) is 2. The second-order valence-electron chi connectivity index (χ2n) is 4.82. The topological polar surface area (TPSA) is 60.6 Å². The summed E-state index contributed by atoms with van der Waals surface area (Å²) in [5, 5.41) is 0.951. The Hall–Kier alpha value is -2.01. The SMILES string of the molecule is COc1ccc(OC)c2c(N(C)C)c(C)c(CN)nc12. The van der Waals surface area contributed by atoms with Crippen LogP contribution in [0.1, 0.15) is 11.3 Å². The number of benzene rings is 1. The molecule has 2 rings (SSSR count). The van der Waals surface area contributed by atoms with Crippen molar-refractivity contribution in [2.75, 3.05) is 33.2 Å². The summed E-state index contributed by atoms with van der Waals surface area (Å²) in [7, 11) is 7.30. The number of hydrogen-bond acceptors (Lipinski definition) is 5. The number of hydrogen-bond donors (Lipinski definition) is 1. The Morgan fingerprint density at radius 3 is 2.25 bits per heavy atom. The van der Waals surface area contributed by atoms with Crippen LogP contribution in [-0.2, 0) is 6.54 Å². The lowest BCUT2D eigenvalue weighted by Crippen LogP contribution is -2.15. The summed E-state index contributed by atoms with van der Waals surface area (Å²) in [4.78, 5) is 6.72. The molecule has 5 nitrogen and oxygen atoms in total. The highest BCUT2D eigenvalue weighted by Gasteiger charge is 2.19. The molecule has 0 unspecified atom stereocenters. The van der Waals surface area contributed by atoms with Gasteiger partial charge in [-0.25, -0.2) is 4.98 Å². The van der Waals surface area contributed by atoms with E-state index < -0.39 is 0 Å². The quantitative estimate of drug-likeness (QED) is 0.925. The molecule has 0 aliphatic heterocycles. The van der Waals surface area contributed by atoms with Gasteiger partial charge in [-0.15, -0.1) is 0 Å². The zero-order valence-corrected chi connectivity index (χ0v) is 12.7. The van der Waals surface area contributed by atoms with Gasteiger partial charge in [0.25, 0.3) is 0 Å². The fraction of sp³-hybridized carbons (Fsp3) is 0.400. The zero-order chi connectivity index (χ0) is 14.9. The van der Waals surface area contributed by atoms with Crippen molar-refractivity contribution >= 4 is 16.6 Å². The van der Waals surface area contributed by atoms with Gasteiger partial charge in [-0.05, 0) is 24.6 Å². The Balaban J connectivity index is 2.99. The molecule has 1 aromatic carbocycles. The minimum absolute atomic E-state index is 0.392. The number of rotatable bonds is 4. The summed E-state index contributed by atoms with van der Waals surface area (Å²) < 4.78 is 10.9. The van der Waals surface area contributed by atoms with Crippen molar-refractivity contribution in [1.82, 2.24) is 4.98 Å². The monoisotopic (exact) mass is 275 g/mol. The third kappa shape index (κ3) is 2.14. The van der Waals surface area contributed by atoms with E-state index in [0.717, 1.165) is 39.3 Å². The highest BCUT2D eigenvalue weighted by Crippen LogP contribution is 2.40. The number of pyridine rings is 1. The fourth-order valence-electron chi connectivity index (χ4n) is 2.53. The highest BCUT2D eigenvalue weighted by molar-refractivity contribution is 6.01. The molecule has 0 amide bonds. The number of methoxy groups -OCH3 is 2. The van der Waals surface area contributed by atoms with E-state index >= 15 is 0 Å². The summed E-state index contributed by atoms with van der Waals surface area (Å²) in [5.41, 5.74) is 9.59. The summed E-state index contributed by atoms with van der Waals surface area (Å²) >= 11 is 0. The van der Waals surface area contributed by atoms with Crippen LogP contribution in [0.25, 0.3) is 10.9 Å². The molecule has 108 valence electrons. The van der Waals surface area contributed by atoms with E-state index in [0.29, 0.717) is 6.54 Å².